The van der Waals surface area contributed by atoms with Gasteiger partial charge in [-0.2, -0.15) is 0 Å². The zero-order valence-electron chi connectivity index (χ0n) is 12.7. The first-order valence-corrected chi connectivity index (χ1v) is 7.31. The van der Waals surface area contributed by atoms with Crippen LogP contribution in [-0.2, 0) is 11.2 Å². The first-order chi connectivity index (χ1) is 9.89. The van der Waals surface area contributed by atoms with E-state index in [0.717, 1.165) is 24.1 Å². The Balaban J connectivity index is 2.29. The number of urea groups is 1. The van der Waals surface area contributed by atoms with Gasteiger partial charge in [-0.25, -0.2) is 9.59 Å². The summed E-state index contributed by atoms with van der Waals surface area (Å²) in [6.45, 7) is 5.27. The number of anilines is 1. The van der Waals surface area contributed by atoms with E-state index in [2.05, 4.69) is 5.32 Å². The molecule has 1 aromatic carbocycles. The summed E-state index contributed by atoms with van der Waals surface area (Å²) in [4.78, 5) is 25.6. The molecule has 5 nitrogen and oxygen atoms in total. The van der Waals surface area contributed by atoms with Gasteiger partial charge in [-0.1, -0.05) is 25.1 Å². The average Bonchev–Trinajstić information content (AvgIpc) is 2.46. The molecule has 0 aromatic heterocycles. The van der Waals surface area contributed by atoms with Crippen LogP contribution in [0.25, 0.3) is 0 Å². The molecule has 0 spiro atoms. The number of aryl methyl sites for hydroxylation is 1. The summed E-state index contributed by atoms with van der Waals surface area (Å²) in [5.41, 5.74) is 0.750. The second-order valence-electron chi connectivity index (χ2n) is 5.81. The lowest BCUT2D eigenvalue weighted by molar-refractivity contribution is -0.143. The second-order valence-corrected chi connectivity index (χ2v) is 5.81. The molecule has 2 unspecified atom stereocenters. The Morgan fingerprint density at radius 3 is 2.71 bits per heavy atom. The number of amides is 2. The monoisotopic (exact) mass is 290 g/mol. The number of nitrogens with one attached hydrogen (secondary N) is 1. The van der Waals surface area contributed by atoms with Gasteiger partial charge in [0.05, 0.1) is 0 Å². The molecule has 0 saturated carbocycles. The summed E-state index contributed by atoms with van der Waals surface area (Å²) < 4.78 is 0. The lowest BCUT2D eigenvalue weighted by Crippen LogP contribution is -2.58. The highest BCUT2D eigenvalue weighted by molar-refractivity contribution is 5.97. The van der Waals surface area contributed by atoms with E-state index in [4.69, 9.17) is 0 Å². The Labute approximate surface area is 125 Å². The quantitative estimate of drug-likeness (QED) is 0.899. The molecule has 114 valence electrons. The van der Waals surface area contributed by atoms with Gasteiger partial charge >= 0.3 is 12.0 Å². The number of hydrogen-bond donors (Lipinski definition) is 2. The van der Waals surface area contributed by atoms with Gasteiger partial charge in [0.15, 0.2) is 0 Å². The molecule has 1 aromatic rings. The molecule has 2 rings (SSSR count). The average molecular weight is 290 g/mol. The summed E-state index contributed by atoms with van der Waals surface area (Å²) in [6.07, 6.45) is 2.14. The smallest absolute Gasteiger partial charge is 0.329 e. The number of nitrogens with zero attached hydrogens (tertiary/aromatic N) is 1. The molecule has 1 aliphatic rings. The van der Waals surface area contributed by atoms with Crippen molar-refractivity contribution in [3.05, 3.63) is 29.8 Å². The van der Waals surface area contributed by atoms with Crippen molar-refractivity contribution in [2.75, 3.05) is 4.90 Å². The highest BCUT2D eigenvalue weighted by Crippen LogP contribution is 2.30. The molecule has 0 fully saturated rings. The third kappa shape index (κ3) is 2.86. The number of para-hydroxylation sites is 1. The summed E-state index contributed by atoms with van der Waals surface area (Å²) in [6, 6.07) is 7.48. The molecular formula is C16H22N2O3. The lowest BCUT2D eigenvalue weighted by atomic mass is 9.96. The fourth-order valence-corrected chi connectivity index (χ4v) is 2.59. The topological polar surface area (TPSA) is 69.6 Å². The molecule has 21 heavy (non-hydrogen) atoms. The molecule has 1 heterocycles. The predicted molar refractivity (Wildman–Crippen MR) is 81.6 cm³/mol. The third-order valence-corrected chi connectivity index (χ3v) is 4.30. The van der Waals surface area contributed by atoms with Crippen LogP contribution in [0.4, 0.5) is 10.5 Å². The number of carboxylic acids is 1. The van der Waals surface area contributed by atoms with E-state index < -0.39 is 11.5 Å². The summed E-state index contributed by atoms with van der Waals surface area (Å²) in [5, 5.41) is 12.0. The van der Waals surface area contributed by atoms with Crippen molar-refractivity contribution in [1.82, 2.24) is 5.32 Å². The van der Waals surface area contributed by atoms with Crippen LogP contribution in [0, 0.1) is 0 Å². The van der Waals surface area contributed by atoms with Crippen LogP contribution in [0.1, 0.15) is 39.2 Å². The van der Waals surface area contributed by atoms with Gasteiger partial charge in [-0.3, -0.25) is 4.90 Å². The highest BCUT2D eigenvalue weighted by atomic mass is 16.4. The van der Waals surface area contributed by atoms with E-state index in [1.807, 2.05) is 31.2 Å². The number of hydrogen-bond acceptors (Lipinski definition) is 2. The van der Waals surface area contributed by atoms with E-state index in [1.54, 1.807) is 11.8 Å². The second kappa shape index (κ2) is 5.76. The summed E-state index contributed by atoms with van der Waals surface area (Å²) in [7, 11) is 0. The Morgan fingerprint density at radius 2 is 2.10 bits per heavy atom. The molecule has 5 heteroatoms. The number of aliphatic carboxylic acids is 1. The van der Waals surface area contributed by atoms with Crippen molar-refractivity contribution in [3.63, 3.8) is 0 Å². The summed E-state index contributed by atoms with van der Waals surface area (Å²) >= 11 is 0. The molecule has 1 aliphatic heterocycles. The Hall–Kier alpha value is -2.04. The zero-order chi connectivity index (χ0) is 15.6. The van der Waals surface area contributed by atoms with Crippen LogP contribution >= 0.6 is 0 Å². The van der Waals surface area contributed by atoms with Crippen LogP contribution in [0.5, 0.6) is 0 Å². The first kappa shape index (κ1) is 15.4. The largest absolute Gasteiger partial charge is 0.480 e. The standard InChI is InChI=1S/C16H22N2O3/c1-4-16(3,14(19)20)17-15(21)18-11(2)9-10-12-7-5-6-8-13(12)18/h5-8,11H,4,9-10H2,1-3H3,(H,17,21)(H,19,20). The van der Waals surface area contributed by atoms with Crippen molar-refractivity contribution >= 4 is 17.7 Å². The zero-order valence-corrected chi connectivity index (χ0v) is 12.7. The maximum atomic E-state index is 12.6. The highest BCUT2D eigenvalue weighted by Gasteiger charge is 2.36. The van der Waals surface area contributed by atoms with Gasteiger partial charge in [-0.05, 0) is 44.7 Å². The predicted octanol–water partition coefficient (Wildman–Crippen LogP) is 2.79. The number of fused-ring (bicyclic) bond motifs is 1. The molecule has 0 bridgehead atoms. The van der Waals surface area contributed by atoms with Crippen molar-refractivity contribution in [1.29, 1.82) is 0 Å². The molecule has 0 aliphatic carbocycles. The Kier molecular flexibility index (Phi) is 4.21. The van der Waals surface area contributed by atoms with Crippen LogP contribution in [0.3, 0.4) is 0 Å². The molecule has 2 N–H and O–H groups in total. The Bertz CT molecular complexity index is 558. The molecule has 0 saturated heterocycles. The SMILES string of the molecule is CCC(C)(NC(=O)N1c2ccccc2CCC1C)C(=O)O. The number of carbonyl (C=O) groups is 2. The minimum absolute atomic E-state index is 0.0507. The number of carbonyl (C=O) groups excluding carboxylic acids is 1. The molecule has 0 radical (unpaired) electrons. The summed E-state index contributed by atoms with van der Waals surface area (Å²) in [5.74, 6) is -1.02. The Morgan fingerprint density at radius 1 is 1.43 bits per heavy atom. The first-order valence-electron chi connectivity index (χ1n) is 7.31. The van der Waals surface area contributed by atoms with Crippen molar-refractivity contribution < 1.29 is 14.7 Å². The lowest BCUT2D eigenvalue weighted by Gasteiger charge is -2.37. The van der Waals surface area contributed by atoms with Crippen LogP contribution in [0.2, 0.25) is 0 Å². The number of rotatable bonds is 3. The van der Waals surface area contributed by atoms with E-state index in [1.165, 1.54) is 6.92 Å². The van der Waals surface area contributed by atoms with E-state index in [-0.39, 0.29) is 12.1 Å². The van der Waals surface area contributed by atoms with Crippen LogP contribution in [-0.4, -0.2) is 28.7 Å². The van der Waals surface area contributed by atoms with E-state index in [9.17, 15) is 14.7 Å². The molecule has 2 amide bonds. The minimum atomic E-state index is -1.25. The van der Waals surface area contributed by atoms with E-state index >= 15 is 0 Å². The van der Waals surface area contributed by atoms with Crippen molar-refractivity contribution in [2.45, 2.75) is 51.6 Å². The maximum Gasteiger partial charge on any atom is 0.329 e. The number of carboxylic acid groups (broad SMARTS) is 1. The third-order valence-electron chi connectivity index (χ3n) is 4.30. The fraction of sp³-hybridized carbons (Fsp3) is 0.500. The fourth-order valence-electron chi connectivity index (χ4n) is 2.59. The van der Waals surface area contributed by atoms with E-state index in [0.29, 0.717) is 6.42 Å². The van der Waals surface area contributed by atoms with Gasteiger partial charge in [0, 0.05) is 11.7 Å². The minimum Gasteiger partial charge on any atom is -0.480 e. The van der Waals surface area contributed by atoms with Gasteiger partial charge in [0.1, 0.15) is 5.54 Å². The number of benzene rings is 1. The van der Waals surface area contributed by atoms with Crippen LogP contribution < -0.4 is 10.2 Å². The van der Waals surface area contributed by atoms with Crippen molar-refractivity contribution in [2.24, 2.45) is 0 Å². The van der Waals surface area contributed by atoms with Gasteiger partial charge in [-0.15, -0.1) is 0 Å². The normalized spacial score (nSPS) is 20.3. The van der Waals surface area contributed by atoms with Gasteiger partial charge in [0.25, 0.3) is 0 Å². The molecular weight excluding hydrogens is 268 g/mol. The molecule has 2 atom stereocenters. The van der Waals surface area contributed by atoms with Crippen molar-refractivity contribution in [3.8, 4) is 0 Å². The van der Waals surface area contributed by atoms with Crippen LogP contribution in [0.15, 0.2) is 24.3 Å². The van der Waals surface area contributed by atoms with Gasteiger partial charge < -0.3 is 10.4 Å². The maximum absolute atomic E-state index is 12.6. The van der Waals surface area contributed by atoms with Gasteiger partial charge in [0.2, 0.25) is 0 Å².